The van der Waals surface area contributed by atoms with Gasteiger partial charge < -0.3 is 10.1 Å². The van der Waals surface area contributed by atoms with Gasteiger partial charge in [-0.1, -0.05) is 19.8 Å². The minimum atomic E-state index is -0.742. The molecule has 21 heavy (non-hydrogen) atoms. The van der Waals surface area contributed by atoms with E-state index >= 15 is 0 Å². The van der Waals surface area contributed by atoms with Gasteiger partial charge in [0.15, 0.2) is 0 Å². The van der Waals surface area contributed by atoms with Gasteiger partial charge in [0.25, 0.3) is 0 Å². The van der Waals surface area contributed by atoms with Crippen molar-refractivity contribution in [1.82, 2.24) is 5.32 Å². The average molecular weight is 299 g/mol. The van der Waals surface area contributed by atoms with Gasteiger partial charge in [-0.05, 0) is 24.1 Å². The molecule has 0 spiro atoms. The summed E-state index contributed by atoms with van der Waals surface area (Å²) in [4.78, 5) is 23.4. The second kappa shape index (κ2) is 8.34. The first kappa shape index (κ1) is 17.1. The van der Waals surface area contributed by atoms with Gasteiger partial charge in [-0.15, -0.1) is 0 Å². The van der Waals surface area contributed by atoms with Crippen LogP contribution in [-0.2, 0) is 20.7 Å². The van der Waals surface area contributed by atoms with Crippen LogP contribution in [0.3, 0.4) is 0 Å². The quantitative estimate of drug-likeness (QED) is 0.786. The summed E-state index contributed by atoms with van der Waals surface area (Å²) in [5, 5.41) is 2.53. The maximum Gasteiger partial charge on any atom is 0.328 e. The maximum absolute atomic E-state index is 13.0. The van der Waals surface area contributed by atoms with E-state index in [1.165, 1.54) is 7.11 Å². The minimum absolute atomic E-state index is 0.200. The van der Waals surface area contributed by atoms with Crippen molar-refractivity contribution in [2.45, 2.75) is 38.6 Å². The molecule has 0 saturated heterocycles. The van der Waals surface area contributed by atoms with Gasteiger partial charge in [0.1, 0.15) is 17.7 Å². The molecular formula is C15H19F2NO3. The molecule has 0 bridgehead atoms. The standard InChI is InChI=1S/C15H19F2NO3/c1-3-4-5-13(15(20)21-2)18-14(19)8-10-6-11(16)9-12(17)7-10/h6-7,9,13H,3-5,8H2,1-2H3,(H,18,19)/t13-/m0/s1. The largest absolute Gasteiger partial charge is 0.467 e. The Morgan fingerprint density at radius 3 is 2.38 bits per heavy atom. The normalized spacial score (nSPS) is 11.8. The molecule has 0 heterocycles. The molecule has 1 rings (SSSR count). The van der Waals surface area contributed by atoms with Crippen LogP contribution in [0.25, 0.3) is 0 Å². The van der Waals surface area contributed by atoms with E-state index < -0.39 is 29.6 Å². The Morgan fingerprint density at radius 2 is 1.86 bits per heavy atom. The lowest BCUT2D eigenvalue weighted by molar-refractivity contribution is -0.145. The van der Waals surface area contributed by atoms with E-state index in [2.05, 4.69) is 10.1 Å². The molecule has 1 N–H and O–H groups in total. The van der Waals surface area contributed by atoms with Crippen LogP contribution in [0.2, 0.25) is 0 Å². The number of rotatable bonds is 7. The monoisotopic (exact) mass is 299 g/mol. The van der Waals surface area contributed by atoms with Gasteiger partial charge in [0.05, 0.1) is 13.5 Å². The van der Waals surface area contributed by atoms with Gasteiger partial charge in [-0.3, -0.25) is 4.79 Å². The zero-order valence-electron chi connectivity index (χ0n) is 12.1. The number of amides is 1. The van der Waals surface area contributed by atoms with Crippen LogP contribution in [-0.4, -0.2) is 25.0 Å². The molecule has 4 nitrogen and oxygen atoms in total. The molecule has 0 aromatic heterocycles. The third-order valence-electron chi connectivity index (χ3n) is 2.95. The molecule has 0 saturated carbocycles. The Kier molecular flexibility index (Phi) is 6.78. The number of carbonyl (C=O) groups excluding carboxylic acids is 2. The molecule has 0 fully saturated rings. The van der Waals surface area contributed by atoms with Crippen molar-refractivity contribution in [2.75, 3.05) is 7.11 Å². The van der Waals surface area contributed by atoms with Crippen molar-refractivity contribution in [1.29, 1.82) is 0 Å². The Bertz CT molecular complexity index is 485. The van der Waals surface area contributed by atoms with Gasteiger partial charge in [-0.2, -0.15) is 0 Å². The molecule has 0 aliphatic rings. The number of nitrogens with one attached hydrogen (secondary N) is 1. The predicted octanol–water partition coefficient (Wildman–Crippen LogP) is 2.36. The maximum atomic E-state index is 13.0. The van der Waals surface area contributed by atoms with Crippen molar-refractivity contribution in [3.05, 3.63) is 35.4 Å². The summed E-state index contributed by atoms with van der Waals surface area (Å²) in [7, 11) is 1.25. The summed E-state index contributed by atoms with van der Waals surface area (Å²) in [6, 6.07) is 2.17. The second-order valence-electron chi connectivity index (χ2n) is 4.74. The number of hydrogen-bond acceptors (Lipinski definition) is 3. The molecule has 6 heteroatoms. The zero-order chi connectivity index (χ0) is 15.8. The van der Waals surface area contributed by atoms with Crippen LogP contribution in [0.1, 0.15) is 31.7 Å². The highest BCUT2D eigenvalue weighted by Gasteiger charge is 2.21. The van der Waals surface area contributed by atoms with E-state index in [0.29, 0.717) is 6.42 Å². The smallest absolute Gasteiger partial charge is 0.328 e. The summed E-state index contributed by atoms with van der Waals surface area (Å²) in [6.07, 6.45) is 1.90. The molecule has 1 aromatic rings. The lowest BCUT2D eigenvalue weighted by Crippen LogP contribution is -2.42. The first-order valence-electron chi connectivity index (χ1n) is 6.78. The highest BCUT2D eigenvalue weighted by molar-refractivity contribution is 5.85. The van der Waals surface area contributed by atoms with Crippen LogP contribution < -0.4 is 5.32 Å². The first-order valence-corrected chi connectivity index (χ1v) is 6.78. The van der Waals surface area contributed by atoms with Crippen molar-refractivity contribution in [3.8, 4) is 0 Å². The van der Waals surface area contributed by atoms with Crippen LogP contribution in [0.4, 0.5) is 8.78 Å². The molecule has 0 aliphatic carbocycles. The fourth-order valence-electron chi connectivity index (χ4n) is 1.94. The molecule has 1 aromatic carbocycles. The number of carbonyl (C=O) groups is 2. The lowest BCUT2D eigenvalue weighted by Gasteiger charge is -2.16. The van der Waals surface area contributed by atoms with E-state index in [1.54, 1.807) is 0 Å². The van der Waals surface area contributed by atoms with Crippen molar-refractivity contribution in [2.24, 2.45) is 0 Å². The molecule has 0 aliphatic heterocycles. The number of esters is 1. The second-order valence-corrected chi connectivity index (χ2v) is 4.74. The molecule has 0 radical (unpaired) electrons. The molecular weight excluding hydrogens is 280 g/mol. The number of hydrogen-bond donors (Lipinski definition) is 1. The fourth-order valence-corrected chi connectivity index (χ4v) is 1.94. The van der Waals surface area contributed by atoms with E-state index in [0.717, 1.165) is 31.0 Å². The summed E-state index contributed by atoms with van der Waals surface area (Å²) >= 11 is 0. The highest BCUT2D eigenvalue weighted by Crippen LogP contribution is 2.09. The summed E-state index contributed by atoms with van der Waals surface area (Å²) < 4.78 is 30.7. The van der Waals surface area contributed by atoms with Gasteiger partial charge in [-0.25, -0.2) is 13.6 Å². The van der Waals surface area contributed by atoms with Gasteiger partial charge in [0.2, 0.25) is 5.91 Å². The minimum Gasteiger partial charge on any atom is -0.467 e. The van der Waals surface area contributed by atoms with E-state index in [4.69, 9.17) is 0 Å². The van der Waals surface area contributed by atoms with Crippen LogP contribution in [0.15, 0.2) is 18.2 Å². The summed E-state index contributed by atoms with van der Waals surface area (Å²) in [6.45, 7) is 1.96. The Balaban J connectivity index is 2.66. The number of unbranched alkanes of at least 4 members (excludes halogenated alkanes) is 1. The van der Waals surface area contributed by atoms with E-state index in [1.807, 2.05) is 6.92 Å². The van der Waals surface area contributed by atoms with Crippen LogP contribution >= 0.6 is 0 Å². The van der Waals surface area contributed by atoms with Gasteiger partial charge >= 0.3 is 5.97 Å². The molecule has 1 atom stereocenters. The Hall–Kier alpha value is -1.98. The van der Waals surface area contributed by atoms with E-state index in [9.17, 15) is 18.4 Å². The third-order valence-corrected chi connectivity index (χ3v) is 2.95. The molecule has 0 unspecified atom stereocenters. The van der Waals surface area contributed by atoms with Gasteiger partial charge in [0, 0.05) is 6.07 Å². The van der Waals surface area contributed by atoms with Crippen molar-refractivity contribution >= 4 is 11.9 Å². The van der Waals surface area contributed by atoms with Crippen LogP contribution in [0, 0.1) is 11.6 Å². The molecule has 1 amide bonds. The SMILES string of the molecule is CCCC[C@H](NC(=O)Cc1cc(F)cc(F)c1)C(=O)OC. The Labute approximate surface area is 122 Å². The highest BCUT2D eigenvalue weighted by atomic mass is 19.1. The topological polar surface area (TPSA) is 55.4 Å². The summed E-state index contributed by atoms with van der Waals surface area (Å²) in [5.74, 6) is -2.49. The zero-order valence-corrected chi connectivity index (χ0v) is 12.1. The molecule has 116 valence electrons. The van der Waals surface area contributed by atoms with Crippen molar-refractivity contribution in [3.63, 3.8) is 0 Å². The fraction of sp³-hybridized carbons (Fsp3) is 0.467. The number of ether oxygens (including phenoxy) is 1. The van der Waals surface area contributed by atoms with Crippen molar-refractivity contribution < 1.29 is 23.1 Å². The predicted molar refractivity (Wildman–Crippen MR) is 73.5 cm³/mol. The Morgan fingerprint density at radius 1 is 1.24 bits per heavy atom. The average Bonchev–Trinajstić information content (AvgIpc) is 2.41. The third kappa shape index (κ3) is 5.89. The first-order chi connectivity index (χ1) is 9.96. The van der Waals surface area contributed by atoms with Crippen LogP contribution in [0.5, 0.6) is 0 Å². The van der Waals surface area contributed by atoms with E-state index in [-0.39, 0.29) is 12.0 Å². The summed E-state index contributed by atoms with van der Waals surface area (Å²) in [5.41, 5.74) is 0.212. The number of halogens is 2. The number of benzene rings is 1. The lowest BCUT2D eigenvalue weighted by atomic mass is 10.1. The number of methoxy groups -OCH3 is 1.